The number of rotatable bonds is 2. The van der Waals surface area contributed by atoms with Crippen LogP contribution in [0.3, 0.4) is 0 Å². The minimum Gasteiger partial charge on any atom is -0.256 e. The molecule has 0 aliphatic carbocycles. The molecule has 0 N–H and O–H groups in total. The smallest absolute Gasteiger partial charge is 0.0758 e. The quantitative estimate of drug-likeness (QED) is 0.769. The zero-order chi connectivity index (χ0) is 11.1. The number of aromatic nitrogens is 2. The standard InChI is InChI=1S/C10H10N2S.C2H6/c1-2-8-4-3-5-11-10(8)9-6-12-13-7-9;1-2/h3-7H,2H2,1H3;1-2H3. The molecule has 0 spiro atoms. The molecule has 2 aromatic rings. The van der Waals surface area contributed by atoms with Crippen LogP contribution in [0.5, 0.6) is 0 Å². The molecule has 0 atom stereocenters. The highest BCUT2D eigenvalue weighted by Crippen LogP contribution is 2.21. The molecule has 0 aliphatic heterocycles. The van der Waals surface area contributed by atoms with Gasteiger partial charge in [0, 0.05) is 17.1 Å². The van der Waals surface area contributed by atoms with E-state index >= 15 is 0 Å². The SMILES string of the molecule is CC.CCc1cccnc1-c1cnsc1. The second kappa shape index (κ2) is 6.30. The van der Waals surface area contributed by atoms with Crippen LogP contribution in [-0.2, 0) is 6.42 Å². The van der Waals surface area contributed by atoms with Crippen molar-refractivity contribution in [2.24, 2.45) is 0 Å². The van der Waals surface area contributed by atoms with E-state index in [1.54, 1.807) is 0 Å². The van der Waals surface area contributed by atoms with Gasteiger partial charge in [-0.15, -0.1) is 0 Å². The predicted octanol–water partition coefficient (Wildman–Crippen LogP) is 3.79. The molecule has 0 saturated carbocycles. The van der Waals surface area contributed by atoms with Gasteiger partial charge in [0.1, 0.15) is 0 Å². The average molecular weight is 220 g/mol. The van der Waals surface area contributed by atoms with E-state index in [1.165, 1.54) is 17.1 Å². The largest absolute Gasteiger partial charge is 0.256 e. The molecular weight excluding hydrogens is 204 g/mol. The zero-order valence-electron chi connectivity index (χ0n) is 9.40. The molecule has 0 bridgehead atoms. The van der Waals surface area contributed by atoms with E-state index < -0.39 is 0 Å². The number of hydrogen-bond acceptors (Lipinski definition) is 3. The van der Waals surface area contributed by atoms with E-state index in [4.69, 9.17) is 0 Å². The lowest BCUT2D eigenvalue weighted by molar-refractivity contribution is 1.11. The maximum atomic E-state index is 4.36. The van der Waals surface area contributed by atoms with Crippen LogP contribution in [0.25, 0.3) is 11.3 Å². The summed E-state index contributed by atoms with van der Waals surface area (Å²) < 4.78 is 4.08. The molecule has 0 aromatic carbocycles. The summed E-state index contributed by atoms with van der Waals surface area (Å²) in [5, 5.41) is 2.03. The fraction of sp³-hybridized carbons (Fsp3) is 0.333. The van der Waals surface area contributed by atoms with Gasteiger partial charge in [0.2, 0.25) is 0 Å². The van der Waals surface area contributed by atoms with E-state index in [2.05, 4.69) is 22.3 Å². The number of hydrogen-bond donors (Lipinski definition) is 0. The maximum absolute atomic E-state index is 4.36. The van der Waals surface area contributed by atoms with Crippen molar-refractivity contribution in [3.63, 3.8) is 0 Å². The first-order valence-corrected chi connectivity index (χ1v) is 6.09. The predicted molar refractivity (Wildman–Crippen MR) is 66.1 cm³/mol. The van der Waals surface area contributed by atoms with Crippen LogP contribution in [-0.4, -0.2) is 9.36 Å². The Hall–Kier alpha value is -1.22. The molecule has 0 unspecified atom stereocenters. The monoisotopic (exact) mass is 220 g/mol. The first kappa shape index (κ1) is 11.9. The molecule has 15 heavy (non-hydrogen) atoms. The van der Waals surface area contributed by atoms with Crippen molar-refractivity contribution >= 4 is 11.5 Å². The maximum Gasteiger partial charge on any atom is 0.0758 e. The summed E-state index contributed by atoms with van der Waals surface area (Å²) >= 11 is 1.46. The Labute approximate surface area is 95.2 Å². The van der Waals surface area contributed by atoms with Crippen molar-refractivity contribution in [1.82, 2.24) is 9.36 Å². The Bertz CT molecular complexity index is 382. The topological polar surface area (TPSA) is 25.8 Å². The molecule has 2 rings (SSSR count). The third kappa shape index (κ3) is 2.86. The Morgan fingerprint density at radius 2 is 2.13 bits per heavy atom. The van der Waals surface area contributed by atoms with E-state index in [0.717, 1.165) is 17.7 Å². The van der Waals surface area contributed by atoms with Crippen LogP contribution in [0.4, 0.5) is 0 Å². The van der Waals surface area contributed by atoms with Gasteiger partial charge in [-0.25, -0.2) is 4.37 Å². The highest BCUT2D eigenvalue weighted by atomic mass is 32.1. The lowest BCUT2D eigenvalue weighted by Crippen LogP contribution is -1.88. The Kier molecular flexibility index (Phi) is 4.98. The minimum atomic E-state index is 1.01. The van der Waals surface area contributed by atoms with Crippen LogP contribution in [0.2, 0.25) is 0 Å². The van der Waals surface area contributed by atoms with Crippen LogP contribution in [0.15, 0.2) is 29.9 Å². The summed E-state index contributed by atoms with van der Waals surface area (Å²) in [4.78, 5) is 4.36. The summed E-state index contributed by atoms with van der Waals surface area (Å²) in [6.07, 6.45) is 4.71. The van der Waals surface area contributed by atoms with Crippen LogP contribution in [0, 0.1) is 0 Å². The van der Waals surface area contributed by atoms with Crippen molar-refractivity contribution in [2.45, 2.75) is 27.2 Å². The van der Waals surface area contributed by atoms with Gasteiger partial charge in [-0.3, -0.25) is 4.98 Å². The van der Waals surface area contributed by atoms with Crippen LogP contribution in [0.1, 0.15) is 26.3 Å². The zero-order valence-corrected chi connectivity index (χ0v) is 10.2. The fourth-order valence-electron chi connectivity index (χ4n) is 1.31. The summed E-state index contributed by atoms with van der Waals surface area (Å²) in [6, 6.07) is 4.09. The molecule has 2 heterocycles. The first-order chi connectivity index (χ1) is 7.42. The molecular formula is C12H16N2S. The third-order valence-corrected chi connectivity index (χ3v) is 2.56. The van der Waals surface area contributed by atoms with E-state index in [-0.39, 0.29) is 0 Å². The van der Waals surface area contributed by atoms with Gasteiger partial charge in [0.25, 0.3) is 0 Å². The molecule has 2 nitrogen and oxygen atoms in total. The summed E-state index contributed by atoms with van der Waals surface area (Å²) in [5.74, 6) is 0. The van der Waals surface area contributed by atoms with Crippen molar-refractivity contribution < 1.29 is 0 Å². The normalized spacial score (nSPS) is 9.27. The Balaban J connectivity index is 0.000000531. The van der Waals surface area contributed by atoms with Crippen LogP contribution < -0.4 is 0 Å². The first-order valence-electron chi connectivity index (χ1n) is 5.25. The fourth-order valence-corrected chi connectivity index (χ4v) is 1.83. The lowest BCUT2D eigenvalue weighted by Gasteiger charge is -2.02. The molecule has 0 fully saturated rings. The van der Waals surface area contributed by atoms with Gasteiger partial charge in [-0.2, -0.15) is 0 Å². The van der Waals surface area contributed by atoms with Crippen molar-refractivity contribution in [3.05, 3.63) is 35.5 Å². The molecule has 3 heteroatoms. The Morgan fingerprint density at radius 3 is 2.73 bits per heavy atom. The van der Waals surface area contributed by atoms with E-state index in [1.807, 2.05) is 37.7 Å². The van der Waals surface area contributed by atoms with Gasteiger partial charge in [0.15, 0.2) is 0 Å². The summed E-state index contributed by atoms with van der Waals surface area (Å²) in [6.45, 7) is 6.14. The van der Waals surface area contributed by atoms with Crippen molar-refractivity contribution in [3.8, 4) is 11.3 Å². The second-order valence-electron chi connectivity index (χ2n) is 2.78. The molecule has 0 amide bonds. The van der Waals surface area contributed by atoms with Gasteiger partial charge in [-0.05, 0) is 29.6 Å². The highest BCUT2D eigenvalue weighted by molar-refractivity contribution is 7.03. The summed E-state index contributed by atoms with van der Waals surface area (Å²) in [7, 11) is 0. The minimum absolute atomic E-state index is 1.01. The molecule has 0 saturated heterocycles. The van der Waals surface area contributed by atoms with Gasteiger partial charge >= 0.3 is 0 Å². The molecule has 80 valence electrons. The second-order valence-corrected chi connectivity index (χ2v) is 3.44. The van der Waals surface area contributed by atoms with Gasteiger partial charge < -0.3 is 0 Å². The lowest BCUT2D eigenvalue weighted by atomic mass is 10.1. The van der Waals surface area contributed by atoms with Crippen molar-refractivity contribution in [1.29, 1.82) is 0 Å². The number of pyridine rings is 1. The highest BCUT2D eigenvalue weighted by Gasteiger charge is 2.04. The van der Waals surface area contributed by atoms with Gasteiger partial charge in [0.05, 0.1) is 11.9 Å². The van der Waals surface area contributed by atoms with Crippen LogP contribution >= 0.6 is 11.5 Å². The molecule has 0 aliphatic rings. The molecule has 0 radical (unpaired) electrons. The summed E-state index contributed by atoms with van der Waals surface area (Å²) in [5.41, 5.74) is 3.48. The Morgan fingerprint density at radius 1 is 1.33 bits per heavy atom. The van der Waals surface area contributed by atoms with Gasteiger partial charge in [-0.1, -0.05) is 26.8 Å². The molecule has 2 aromatic heterocycles. The van der Waals surface area contributed by atoms with Crippen molar-refractivity contribution in [2.75, 3.05) is 0 Å². The average Bonchev–Trinajstić information content (AvgIpc) is 2.85. The number of nitrogens with zero attached hydrogens (tertiary/aromatic N) is 2. The number of aryl methyl sites for hydroxylation is 1. The van der Waals surface area contributed by atoms with E-state index in [0.29, 0.717) is 0 Å². The third-order valence-electron chi connectivity index (χ3n) is 1.98. The van der Waals surface area contributed by atoms with E-state index in [9.17, 15) is 0 Å².